The molecular weight excluding hydrogens is 268 g/mol. The van der Waals surface area contributed by atoms with Gasteiger partial charge in [-0.2, -0.15) is 0 Å². The first kappa shape index (κ1) is 15.6. The molecule has 2 N–H and O–H groups in total. The van der Waals surface area contributed by atoms with Crippen LogP contribution in [0.2, 0.25) is 0 Å². The zero-order valence-electron chi connectivity index (χ0n) is 13.0. The molecule has 1 aliphatic rings. The van der Waals surface area contributed by atoms with Crippen molar-refractivity contribution in [2.24, 2.45) is 13.0 Å². The fourth-order valence-corrected chi connectivity index (χ4v) is 2.82. The van der Waals surface area contributed by atoms with Crippen LogP contribution in [0.4, 0.5) is 0 Å². The van der Waals surface area contributed by atoms with E-state index in [4.69, 9.17) is 0 Å². The summed E-state index contributed by atoms with van der Waals surface area (Å²) < 4.78 is 1.52. The average Bonchev–Trinajstić information content (AvgIpc) is 2.45. The number of rotatable bonds is 4. The standard InChI is InChI=1S/C16H24N2O3/c1-10(2)8-9-17-15(20)13-14(19)11-6-4-5-7-12(11)18(3)16(13)21/h10,19H,4-9H2,1-3H3,(H,17,20). The number of nitrogens with zero attached hydrogens (tertiary/aromatic N) is 1. The minimum Gasteiger partial charge on any atom is -0.507 e. The smallest absolute Gasteiger partial charge is 0.267 e. The minimum absolute atomic E-state index is 0.109. The molecule has 2 rings (SSSR count). The maximum Gasteiger partial charge on any atom is 0.267 e. The van der Waals surface area contributed by atoms with Crippen molar-refractivity contribution in [1.29, 1.82) is 0 Å². The number of aromatic hydroxyl groups is 1. The molecule has 0 fully saturated rings. The van der Waals surface area contributed by atoms with E-state index in [-0.39, 0.29) is 11.3 Å². The van der Waals surface area contributed by atoms with E-state index < -0.39 is 11.5 Å². The van der Waals surface area contributed by atoms with Gasteiger partial charge in [0.15, 0.2) is 0 Å². The Bertz CT molecular complexity index is 603. The van der Waals surface area contributed by atoms with Crippen LogP contribution >= 0.6 is 0 Å². The third kappa shape index (κ3) is 3.12. The highest BCUT2D eigenvalue weighted by molar-refractivity contribution is 5.97. The molecule has 1 aromatic rings. The summed E-state index contributed by atoms with van der Waals surface area (Å²) in [4.78, 5) is 24.6. The Morgan fingerprint density at radius 3 is 2.67 bits per heavy atom. The normalized spacial score (nSPS) is 14.1. The number of carbonyl (C=O) groups excluding carboxylic acids is 1. The zero-order valence-corrected chi connectivity index (χ0v) is 13.0. The first-order valence-electron chi connectivity index (χ1n) is 7.65. The third-order valence-electron chi connectivity index (χ3n) is 4.12. The van der Waals surface area contributed by atoms with Gasteiger partial charge in [-0.15, -0.1) is 0 Å². The SMILES string of the molecule is CC(C)CCNC(=O)c1c(O)c2c(n(C)c1=O)CCCC2. The second-order valence-electron chi connectivity index (χ2n) is 6.16. The van der Waals surface area contributed by atoms with E-state index in [1.807, 2.05) is 0 Å². The number of aromatic nitrogens is 1. The molecule has 5 nitrogen and oxygen atoms in total. The monoisotopic (exact) mass is 292 g/mol. The highest BCUT2D eigenvalue weighted by Gasteiger charge is 2.25. The Labute approximate surface area is 125 Å². The van der Waals surface area contributed by atoms with Crippen molar-refractivity contribution in [2.75, 3.05) is 6.54 Å². The molecule has 0 aromatic carbocycles. The second kappa shape index (κ2) is 6.33. The van der Waals surface area contributed by atoms with Crippen LogP contribution < -0.4 is 10.9 Å². The van der Waals surface area contributed by atoms with Crippen molar-refractivity contribution in [1.82, 2.24) is 9.88 Å². The largest absolute Gasteiger partial charge is 0.507 e. The summed E-state index contributed by atoms with van der Waals surface area (Å²) in [5.74, 6) is -0.109. The molecule has 21 heavy (non-hydrogen) atoms. The molecule has 116 valence electrons. The summed E-state index contributed by atoms with van der Waals surface area (Å²) in [5, 5.41) is 13.1. The van der Waals surface area contributed by atoms with Crippen molar-refractivity contribution in [3.05, 3.63) is 27.2 Å². The van der Waals surface area contributed by atoms with Crippen molar-refractivity contribution in [3.8, 4) is 5.75 Å². The lowest BCUT2D eigenvalue weighted by atomic mass is 9.93. The van der Waals surface area contributed by atoms with E-state index in [9.17, 15) is 14.7 Å². The summed E-state index contributed by atoms with van der Waals surface area (Å²) in [5.41, 5.74) is 1.11. The summed E-state index contributed by atoms with van der Waals surface area (Å²) in [6.45, 7) is 4.65. The van der Waals surface area contributed by atoms with Crippen LogP contribution in [0.25, 0.3) is 0 Å². The number of fused-ring (bicyclic) bond motifs is 1. The number of carbonyl (C=O) groups is 1. The van der Waals surface area contributed by atoms with Crippen LogP contribution in [0.5, 0.6) is 5.75 Å². The molecule has 1 heterocycles. The van der Waals surface area contributed by atoms with Gasteiger partial charge in [-0.1, -0.05) is 13.8 Å². The topological polar surface area (TPSA) is 71.3 Å². The number of pyridine rings is 1. The molecule has 0 radical (unpaired) electrons. The fraction of sp³-hybridized carbons (Fsp3) is 0.625. The third-order valence-corrected chi connectivity index (χ3v) is 4.12. The van der Waals surface area contributed by atoms with Crippen LogP contribution in [-0.2, 0) is 19.9 Å². The average molecular weight is 292 g/mol. The van der Waals surface area contributed by atoms with E-state index in [0.29, 0.717) is 12.5 Å². The molecule has 1 amide bonds. The van der Waals surface area contributed by atoms with Gasteiger partial charge >= 0.3 is 0 Å². The summed E-state index contributed by atoms with van der Waals surface area (Å²) >= 11 is 0. The Morgan fingerprint density at radius 1 is 1.33 bits per heavy atom. The highest BCUT2D eigenvalue weighted by atomic mass is 16.3. The Hall–Kier alpha value is -1.78. The predicted octanol–water partition coefficient (Wildman–Crippen LogP) is 1.75. The molecule has 0 aliphatic heterocycles. The van der Waals surface area contributed by atoms with Crippen LogP contribution in [0.15, 0.2) is 4.79 Å². The summed E-state index contributed by atoms with van der Waals surface area (Å²) in [6, 6.07) is 0. The lowest BCUT2D eigenvalue weighted by Gasteiger charge is -2.21. The first-order chi connectivity index (χ1) is 9.93. The van der Waals surface area contributed by atoms with Gasteiger partial charge in [0.05, 0.1) is 0 Å². The summed E-state index contributed by atoms with van der Waals surface area (Å²) in [6.07, 6.45) is 4.34. The molecule has 0 saturated heterocycles. The van der Waals surface area contributed by atoms with E-state index in [1.54, 1.807) is 7.05 Å². The molecule has 1 aliphatic carbocycles. The minimum atomic E-state index is -0.470. The van der Waals surface area contributed by atoms with E-state index in [1.165, 1.54) is 4.57 Å². The van der Waals surface area contributed by atoms with Gasteiger partial charge in [0, 0.05) is 24.8 Å². The van der Waals surface area contributed by atoms with Crippen LogP contribution in [-0.4, -0.2) is 22.1 Å². The van der Waals surface area contributed by atoms with Gasteiger partial charge in [-0.05, 0) is 38.0 Å². The predicted molar refractivity (Wildman–Crippen MR) is 81.8 cm³/mol. The molecule has 5 heteroatoms. The number of hydrogen-bond acceptors (Lipinski definition) is 3. The van der Waals surface area contributed by atoms with Crippen LogP contribution in [0, 0.1) is 5.92 Å². The molecule has 1 aromatic heterocycles. The number of hydrogen-bond donors (Lipinski definition) is 2. The number of nitrogens with one attached hydrogen (secondary N) is 1. The molecule has 0 spiro atoms. The van der Waals surface area contributed by atoms with Crippen molar-refractivity contribution >= 4 is 5.91 Å². The molecular formula is C16H24N2O3. The lowest BCUT2D eigenvalue weighted by Crippen LogP contribution is -2.35. The van der Waals surface area contributed by atoms with Gasteiger partial charge in [0.25, 0.3) is 11.5 Å². The lowest BCUT2D eigenvalue weighted by molar-refractivity contribution is 0.0946. The number of amides is 1. The van der Waals surface area contributed by atoms with Crippen LogP contribution in [0.1, 0.15) is 54.7 Å². The van der Waals surface area contributed by atoms with Crippen molar-refractivity contribution in [3.63, 3.8) is 0 Å². The zero-order chi connectivity index (χ0) is 15.6. The van der Waals surface area contributed by atoms with E-state index in [2.05, 4.69) is 19.2 Å². The second-order valence-corrected chi connectivity index (χ2v) is 6.16. The Kier molecular flexibility index (Phi) is 4.70. The van der Waals surface area contributed by atoms with Gasteiger partial charge in [-0.25, -0.2) is 0 Å². The molecule has 0 atom stereocenters. The fourth-order valence-electron chi connectivity index (χ4n) is 2.82. The molecule has 0 bridgehead atoms. The van der Waals surface area contributed by atoms with E-state index in [0.717, 1.165) is 43.4 Å². The maximum absolute atomic E-state index is 12.3. The van der Waals surface area contributed by atoms with Gasteiger partial charge < -0.3 is 15.0 Å². The van der Waals surface area contributed by atoms with E-state index >= 15 is 0 Å². The first-order valence-corrected chi connectivity index (χ1v) is 7.65. The summed E-state index contributed by atoms with van der Waals surface area (Å²) in [7, 11) is 1.68. The Morgan fingerprint density at radius 2 is 2.00 bits per heavy atom. The van der Waals surface area contributed by atoms with Gasteiger partial charge in [0.1, 0.15) is 11.3 Å². The van der Waals surface area contributed by atoms with Gasteiger partial charge in [-0.3, -0.25) is 9.59 Å². The maximum atomic E-state index is 12.3. The highest BCUT2D eigenvalue weighted by Crippen LogP contribution is 2.29. The van der Waals surface area contributed by atoms with Crippen molar-refractivity contribution in [2.45, 2.75) is 46.0 Å². The van der Waals surface area contributed by atoms with Crippen LogP contribution in [0.3, 0.4) is 0 Å². The molecule has 0 saturated carbocycles. The quantitative estimate of drug-likeness (QED) is 0.888. The Balaban J connectivity index is 2.33. The molecule has 0 unspecified atom stereocenters. The van der Waals surface area contributed by atoms with Gasteiger partial charge in [0.2, 0.25) is 0 Å². The van der Waals surface area contributed by atoms with Crippen molar-refractivity contribution < 1.29 is 9.90 Å².